The zero-order valence-corrected chi connectivity index (χ0v) is 9.29. The van der Waals surface area contributed by atoms with E-state index in [9.17, 15) is 0 Å². The van der Waals surface area contributed by atoms with Gasteiger partial charge in [0, 0.05) is 0 Å². The van der Waals surface area contributed by atoms with Crippen molar-refractivity contribution in [1.29, 1.82) is 0 Å². The van der Waals surface area contributed by atoms with E-state index >= 15 is 0 Å². The molecule has 0 bridgehead atoms. The van der Waals surface area contributed by atoms with Crippen LogP contribution in [-0.2, 0) is 2.84 Å². The summed E-state index contributed by atoms with van der Waals surface area (Å²) in [5.41, 5.74) is 0. The van der Waals surface area contributed by atoms with Gasteiger partial charge in [-0.15, -0.1) is 0 Å². The van der Waals surface area contributed by atoms with Crippen LogP contribution in [0, 0.1) is 0 Å². The molecule has 0 aliphatic rings. The van der Waals surface area contributed by atoms with Crippen LogP contribution in [0.4, 0.5) is 0 Å². The summed E-state index contributed by atoms with van der Waals surface area (Å²) in [6.07, 6.45) is 0. The minimum atomic E-state index is -0.702. The molecule has 0 aromatic carbocycles. The van der Waals surface area contributed by atoms with Gasteiger partial charge in [-0.1, -0.05) is 36.0 Å². The summed E-state index contributed by atoms with van der Waals surface area (Å²) in [6.45, 7) is 4.49. The highest BCUT2D eigenvalue weighted by atomic mass is 27.3. The van der Waals surface area contributed by atoms with Crippen molar-refractivity contribution >= 4 is 29.0 Å². The van der Waals surface area contributed by atoms with Crippen LogP contribution in [-0.4, -0.2) is 29.0 Å². The Morgan fingerprint density at radius 2 is 1.56 bits per heavy atom. The first kappa shape index (κ1) is 10.0. The lowest BCUT2D eigenvalue weighted by molar-refractivity contribution is 0.592. The molecule has 9 heavy (non-hydrogen) atoms. The minimum absolute atomic E-state index is 0.688. The van der Waals surface area contributed by atoms with E-state index in [0.29, 0.717) is 0 Å². The quantitative estimate of drug-likeness (QED) is 0.570. The second-order valence-electron chi connectivity index (χ2n) is 2.62. The summed E-state index contributed by atoms with van der Waals surface area (Å²) in [5, 5.41) is 2.61. The van der Waals surface area contributed by atoms with Crippen molar-refractivity contribution in [3.05, 3.63) is 0 Å². The average Bonchev–Trinajstić information content (AvgIpc) is 1.82. The van der Waals surface area contributed by atoms with Gasteiger partial charge in [-0.3, -0.25) is 0 Å². The Morgan fingerprint density at radius 1 is 1.11 bits per heavy atom. The highest BCUT2D eigenvalue weighted by Gasteiger charge is 2.17. The molecule has 0 saturated carbocycles. The zero-order valence-electron chi connectivity index (χ0n) is 6.98. The highest BCUT2D eigenvalue weighted by Crippen LogP contribution is 2.01. The van der Waals surface area contributed by atoms with Crippen molar-refractivity contribution < 1.29 is 2.84 Å². The normalized spacial score (nSPS) is 9.33. The first-order valence-electron chi connectivity index (χ1n) is 3.86. The number of rotatable bonds is 4. The van der Waals surface area contributed by atoms with Gasteiger partial charge >= 0.3 is 29.0 Å². The Balaban J connectivity index is 3.31. The molecule has 0 heterocycles. The van der Waals surface area contributed by atoms with Gasteiger partial charge in [0.25, 0.3) is 0 Å². The van der Waals surface area contributed by atoms with Crippen molar-refractivity contribution in [3.8, 4) is 0 Å². The average molecular weight is 158 g/mol. The van der Waals surface area contributed by atoms with Crippen LogP contribution >= 0.6 is 0 Å². The van der Waals surface area contributed by atoms with E-state index in [4.69, 9.17) is 2.84 Å². The lowest BCUT2D eigenvalue weighted by Crippen LogP contribution is -2.22. The molecule has 3 heteroatoms. The lowest BCUT2D eigenvalue weighted by Gasteiger charge is -2.10. The van der Waals surface area contributed by atoms with Crippen LogP contribution in [0.5, 0.6) is 0 Å². The van der Waals surface area contributed by atoms with Crippen molar-refractivity contribution in [2.45, 2.75) is 36.0 Å². The van der Waals surface area contributed by atoms with Crippen molar-refractivity contribution in [2.75, 3.05) is 0 Å². The van der Waals surface area contributed by atoms with Crippen LogP contribution in [0.1, 0.15) is 13.8 Å². The Hall–Kier alpha value is 1.02. The van der Waals surface area contributed by atoms with Crippen LogP contribution < -0.4 is 0 Å². The predicted octanol–water partition coefficient (Wildman–Crippen LogP) is 2.29. The molecule has 0 atom stereocenters. The Morgan fingerprint density at radius 3 is 1.67 bits per heavy atom. The summed E-state index contributed by atoms with van der Waals surface area (Å²) < 4.78 is 5.83. The maximum Gasteiger partial charge on any atom is 0.429 e. The third-order valence-corrected chi connectivity index (χ3v) is 6.91. The fourth-order valence-corrected chi connectivity index (χ4v) is 6.06. The van der Waals surface area contributed by atoms with Gasteiger partial charge in [0.2, 0.25) is 0 Å². The van der Waals surface area contributed by atoms with Crippen LogP contribution in [0.25, 0.3) is 0 Å². The summed E-state index contributed by atoms with van der Waals surface area (Å²) in [5.74, 6) is 4.51. The molecule has 0 spiro atoms. The van der Waals surface area contributed by atoms with Crippen LogP contribution in [0.3, 0.4) is 0 Å². The summed E-state index contributed by atoms with van der Waals surface area (Å²) in [7, 11) is 0. The molecule has 0 aromatic rings. The monoisotopic (exact) mass is 158 g/mol. The van der Waals surface area contributed by atoms with E-state index in [1.54, 1.807) is 0 Å². The zero-order chi connectivity index (χ0) is 7.28. The van der Waals surface area contributed by atoms with E-state index in [1.165, 1.54) is 10.6 Å². The Labute approximate surface area is 67.9 Å². The van der Waals surface area contributed by atoms with E-state index in [0.717, 1.165) is 0 Å². The first-order valence-corrected chi connectivity index (χ1v) is 8.74. The predicted molar refractivity (Wildman–Crippen MR) is 45.3 cm³/mol. The summed E-state index contributed by atoms with van der Waals surface area (Å²) >= 11 is -1.39. The Bertz CT molecular complexity index is 62.1. The van der Waals surface area contributed by atoms with E-state index < -0.39 is 29.0 Å². The molecule has 0 unspecified atom stereocenters. The van der Waals surface area contributed by atoms with Crippen molar-refractivity contribution in [1.82, 2.24) is 0 Å². The molecule has 0 aliphatic carbocycles. The summed E-state index contributed by atoms with van der Waals surface area (Å²) in [4.78, 5) is 0. The molecule has 0 aliphatic heterocycles. The maximum atomic E-state index is 5.83. The van der Waals surface area contributed by atoms with Gasteiger partial charge in [-0.25, -0.2) is 0 Å². The highest BCUT2D eigenvalue weighted by molar-refractivity contribution is 6.64. The molecule has 52 valence electrons. The fourth-order valence-electron chi connectivity index (χ4n) is 0.866. The Kier molecular flexibility index (Phi) is 6.44. The molecule has 0 aromatic heterocycles. The molecule has 0 fully saturated rings. The van der Waals surface area contributed by atoms with Gasteiger partial charge < -0.3 is 2.84 Å². The topological polar surface area (TPSA) is 9.23 Å². The van der Waals surface area contributed by atoms with Gasteiger partial charge in [-0.2, -0.15) is 0 Å². The SMILES string of the molecule is C[CH2][Al]([CH2]C)[O][Al]([CH3])[CH3]. The van der Waals surface area contributed by atoms with Gasteiger partial charge in [-0.05, 0) is 0 Å². The standard InChI is InChI=1S/2C2H5.2CH3.2Al.O/c2*1-2;;;;;/h2*1H2,2H3;2*1H3;;;. The molecular formula is C6H16Al2O. The van der Waals surface area contributed by atoms with Gasteiger partial charge in [0.1, 0.15) is 0 Å². The molecular weight excluding hydrogens is 142 g/mol. The van der Waals surface area contributed by atoms with Gasteiger partial charge in [0.15, 0.2) is 0 Å². The van der Waals surface area contributed by atoms with Crippen molar-refractivity contribution in [2.24, 2.45) is 0 Å². The maximum absolute atomic E-state index is 5.83. The van der Waals surface area contributed by atoms with Gasteiger partial charge in [0.05, 0.1) is 0 Å². The molecule has 0 N–H and O–H groups in total. The third-order valence-electron chi connectivity index (χ3n) is 1.38. The largest absolute Gasteiger partial charge is 0.637 e. The minimum Gasteiger partial charge on any atom is -0.637 e. The molecule has 0 saturated heterocycles. The van der Waals surface area contributed by atoms with Crippen LogP contribution in [0.15, 0.2) is 0 Å². The van der Waals surface area contributed by atoms with E-state index in [2.05, 4.69) is 25.4 Å². The van der Waals surface area contributed by atoms with E-state index in [-0.39, 0.29) is 0 Å². The molecule has 0 rings (SSSR count). The second kappa shape index (κ2) is 5.78. The number of hydrogen-bond acceptors (Lipinski definition) is 1. The molecule has 1 nitrogen and oxygen atoms in total. The fraction of sp³-hybridized carbons (Fsp3) is 1.00. The van der Waals surface area contributed by atoms with Crippen LogP contribution in [0.2, 0.25) is 22.1 Å². The van der Waals surface area contributed by atoms with E-state index in [1.807, 2.05) is 0 Å². The first-order chi connectivity index (χ1) is 4.20. The lowest BCUT2D eigenvalue weighted by atomic mass is 10.9. The number of hydrogen-bond donors (Lipinski definition) is 0. The summed E-state index contributed by atoms with van der Waals surface area (Å²) in [6, 6.07) is 0. The second-order valence-corrected chi connectivity index (χ2v) is 8.69. The van der Waals surface area contributed by atoms with Crippen molar-refractivity contribution in [3.63, 3.8) is 0 Å². The third kappa shape index (κ3) is 5.47. The molecule has 0 amide bonds. The smallest absolute Gasteiger partial charge is 0.429 e. The molecule has 0 radical (unpaired) electrons.